The maximum Gasteiger partial charge on any atom is 0.191 e. The third kappa shape index (κ3) is 4.94. The molecular formula is C14H28IN3. The second kappa shape index (κ2) is 7.56. The van der Waals surface area contributed by atoms with E-state index in [-0.39, 0.29) is 24.0 Å². The fourth-order valence-corrected chi connectivity index (χ4v) is 2.67. The normalized spacial score (nSPS) is 35.6. The molecule has 0 aliphatic heterocycles. The Hall–Kier alpha value is 0. The number of rotatable bonds is 3. The van der Waals surface area contributed by atoms with Crippen molar-refractivity contribution in [2.24, 2.45) is 22.7 Å². The monoisotopic (exact) mass is 365 g/mol. The second-order valence-corrected chi connectivity index (χ2v) is 6.04. The summed E-state index contributed by atoms with van der Waals surface area (Å²) in [6, 6.07) is 0.660. The van der Waals surface area contributed by atoms with Gasteiger partial charge in [0.2, 0.25) is 0 Å². The molecule has 0 spiro atoms. The van der Waals surface area contributed by atoms with Gasteiger partial charge in [-0.25, -0.2) is 0 Å². The van der Waals surface area contributed by atoms with Crippen molar-refractivity contribution in [3.8, 4) is 0 Å². The third-order valence-corrected chi connectivity index (χ3v) is 4.35. The summed E-state index contributed by atoms with van der Waals surface area (Å²) >= 11 is 0. The van der Waals surface area contributed by atoms with Crippen LogP contribution in [0.3, 0.4) is 0 Å². The Bertz CT molecular complexity index is 272. The number of guanidine groups is 1. The summed E-state index contributed by atoms with van der Waals surface area (Å²) in [5.41, 5.74) is 0. The molecule has 0 aromatic carbocycles. The summed E-state index contributed by atoms with van der Waals surface area (Å²) in [5.74, 6) is 3.61. The lowest BCUT2D eigenvalue weighted by atomic mass is 9.83. The summed E-state index contributed by atoms with van der Waals surface area (Å²) in [6.45, 7) is 5.75. The minimum absolute atomic E-state index is 0. The largest absolute Gasteiger partial charge is 0.356 e. The molecule has 0 amide bonds. The van der Waals surface area contributed by atoms with Crippen LogP contribution in [0.25, 0.3) is 0 Å². The minimum Gasteiger partial charge on any atom is -0.356 e. The highest BCUT2D eigenvalue weighted by atomic mass is 127. The molecule has 2 fully saturated rings. The molecule has 4 heteroatoms. The predicted octanol–water partition coefficient (Wildman–Crippen LogP) is 3.00. The molecule has 0 heterocycles. The fourth-order valence-electron chi connectivity index (χ4n) is 2.67. The maximum absolute atomic E-state index is 4.30. The van der Waals surface area contributed by atoms with Gasteiger partial charge in [-0.3, -0.25) is 4.99 Å². The van der Waals surface area contributed by atoms with E-state index in [1.54, 1.807) is 0 Å². The smallest absolute Gasteiger partial charge is 0.191 e. The van der Waals surface area contributed by atoms with Crippen LogP contribution in [0.2, 0.25) is 0 Å². The highest BCUT2D eigenvalue weighted by Crippen LogP contribution is 2.29. The van der Waals surface area contributed by atoms with Crippen molar-refractivity contribution in [2.75, 3.05) is 13.6 Å². The van der Waals surface area contributed by atoms with Gasteiger partial charge in [-0.05, 0) is 37.0 Å². The van der Waals surface area contributed by atoms with E-state index in [4.69, 9.17) is 0 Å². The van der Waals surface area contributed by atoms with E-state index in [2.05, 4.69) is 29.5 Å². The van der Waals surface area contributed by atoms with Crippen molar-refractivity contribution in [1.29, 1.82) is 0 Å². The molecule has 3 nitrogen and oxygen atoms in total. The van der Waals surface area contributed by atoms with Gasteiger partial charge in [-0.1, -0.05) is 26.7 Å². The molecule has 2 unspecified atom stereocenters. The average molecular weight is 365 g/mol. The number of nitrogens with one attached hydrogen (secondary N) is 2. The van der Waals surface area contributed by atoms with E-state index >= 15 is 0 Å². The Morgan fingerprint density at radius 3 is 2.28 bits per heavy atom. The van der Waals surface area contributed by atoms with Gasteiger partial charge in [0.05, 0.1) is 0 Å². The van der Waals surface area contributed by atoms with Gasteiger partial charge in [0.15, 0.2) is 5.96 Å². The molecule has 0 bridgehead atoms. The summed E-state index contributed by atoms with van der Waals surface area (Å²) in [4.78, 5) is 4.30. The van der Waals surface area contributed by atoms with Crippen LogP contribution in [0.4, 0.5) is 0 Å². The van der Waals surface area contributed by atoms with Crippen LogP contribution in [0.15, 0.2) is 4.99 Å². The van der Waals surface area contributed by atoms with Crippen LogP contribution in [0.5, 0.6) is 0 Å². The molecule has 2 N–H and O–H groups in total. The van der Waals surface area contributed by atoms with Crippen LogP contribution in [-0.2, 0) is 0 Å². The third-order valence-electron chi connectivity index (χ3n) is 4.35. The van der Waals surface area contributed by atoms with E-state index in [0.29, 0.717) is 6.04 Å². The molecule has 0 saturated heterocycles. The highest BCUT2D eigenvalue weighted by molar-refractivity contribution is 14.0. The summed E-state index contributed by atoms with van der Waals surface area (Å²) in [6.07, 6.45) is 6.85. The van der Waals surface area contributed by atoms with Crippen molar-refractivity contribution in [3.05, 3.63) is 0 Å². The van der Waals surface area contributed by atoms with E-state index in [1.165, 1.54) is 32.1 Å². The first-order valence-corrected chi connectivity index (χ1v) is 7.16. The van der Waals surface area contributed by atoms with Crippen molar-refractivity contribution in [3.63, 3.8) is 0 Å². The number of hydrogen-bond donors (Lipinski definition) is 2. The molecule has 0 radical (unpaired) electrons. The first-order valence-electron chi connectivity index (χ1n) is 7.16. The van der Waals surface area contributed by atoms with Gasteiger partial charge in [0.25, 0.3) is 0 Å². The van der Waals surface area contributed by atoms with E-state index in [9.17, 15) is 0 Å². The van der Waals surface area contributed by atoms with Gasteiger partial charge in [-0.15, -0.1) is 24.0 Å². The zero-order valence-electron chi connectivity index (χ0n) is 11.9. The first kappa shape index (κ1) is 16.1. The van der Waals surface area contributed by atoms with Crippen molar-refractivity contribution in [2.45, 2.75) is 52.0 Å². The molecule has 0 aromatic rings. The molecule has 0 aromatic heterocycles. The molecule has 2 aliphatic carbocycles. The summed E-state index contributed by atoms with van der Waals surface area (Å²) < 4.78 is 0. The number of aliphatic imine (C=N–C) groups is 1. The van der Waals surface area contributed by atoms with Crippen LogP contribution in [0.1, 0.15) is 46.0 Å². The molecule has 106 valence electrons. The van der Waals surface area contributed by atoms with Gasteiger partial charge >= 0.3 is 0 Å². The highest BCUT2D eigenvalue weighted by Gasteiger charge is 2.33. The Morgan fingerprint density at radius 1 is 1.17 bits per heavy atom. The van der Waals surface area contributed by atoms with Crippen molar-refractivity contribution >= 4 is 29.9 Å². The topological polar surface area (TPSA) is 36.4 Å². The molecule has 2 saturated carbocycles. The first-order chi connectivity index (χ1) is 8.19. The average Bonchev–Trinajstić information content (AvgIpc) is 3.02. The number of nitrogens with zero attached hydrogens (tertiary/aromatic N) is 1. The fraction of sp³-hybridized carbons (Fsp3) is 0.929. The van der Waals surface area contributed by atoms with Crippen LogP contribution in [0, 0.1) is 17.8 Å². The summed E-state index contributed by atoms with van der Waals surface area (Å²) in [5, 5.41) is 6.96. The molecule has 2 atom stereocenters. The SMILES string of the molecule is CN=C(NCC1CCC(C)CC1)NC1CC1C.I. The van der Waals surface area contributed by atoms with Gasteiger partial charge < -0.3 is 10.6 Å². The number of hydrogen-bond acceptors (Lipinski definition) is 1. The van der Waals surface area contributed by atoms with Crippen LogP contribution < -0.4 is 10.6 Å². The predicted molar refractivity (Wildman–Crippen MR) is 88.6 cm³/mol. The Labute approximate surface area is 129 Å². The molecular weight excluding hydrogens is 337 g/mol. The van der Waals surface area contributed by atoms with Gasteiger partial charge in [0.1, 0.15) is 0 Å². The van der Waals surface area contributed by atoms with Gasteiger partial charge in [0, 0.05) is 19.6 Å². The standard InChI is InChI=1S/C14H27N3.HI/c1-10-4-6-12(7-5-10)9-16-14(15-3)17-13-8-11(13)2;/h10-13H,4-9H2,1-3H3,(H2,15,16,17);1H. The summed E-state index contributed by atoms with van der Waals surface area (Å²) in [7, 11) is 1.87. The zero-order valence-corrected chi connectivity index (χ0v) is 14.2. The number of halogens is 1. The Morgan fingerprint density at radius 2 is 1.78 bits per heavy atom. The van der Waals surface area contributed by atoms with Crippen LogP contribution in [-0.4, -0.2) is 25.6 Å². The van der Waals surface area contributed by atoms with Crippen molar-refractivity contribution < 1.29 is 0 Å². The lowest BCUT2D eigenvalue weighted by Gasteiger charge is -2.26. The van der Waals surface area contributed by atoms with E-state index in [1.807, 2.05) is 7.05 Å². The van der Waals surface area contributed by atoms with Crippen LogP contribution >= 0.6 is 24.0 Å². The Kier molecular flexibility index (Phi) is 6.74. The lowest BCUT2D eigenvalue weighted by molar-refractivity contribution is 0.289. The van der Waals surface area contributed by atoms with Crippen molar-refractivity contribution in [1.82, 2.24) is 10.6 Å². The zero-order chi connectivity index (χ0) is 12.3. The van der Waals surface area contributed by atoms with Gasteiger partial charge in [-0.2, -0.15) is 0 Å². The Balaban J connectivity index is 0.00000162. The quantitative estimate of drug-likeness (QED) is 0.458. The van der Waals surface area contributed by atoms with E-state index in [0.717, 1.165) is 30.3 Å². The molecule has 2 aliphatic rings. The maximum atomic E-state index is 4.30. The van der Waals surface area contributed by atoms with E-state index < -0.39 is 0 Å². The second-order valence-electron chi connectivity index (χ2n) is 6.04. The lowest BCUT2D eigenvalue weighted by Crippen LogP contribution is -2.41. The minimum atomic E-state index is 0. The molecule has 2 rings (SSSR count). The molecule has 18 heavy (non-hydrogen) atoms.